The van der Waals surface area contributed by atoms with Crippen molar-refractivity contribution in [3.05, 3.63) is 0 Å². The first-order valence-electron chi connectivity index (χ1n) is 18.4. The van der Waals surface area contributed by atoms with E-state index in [9.17, 15) is 9.59 Å². The van der Waals surface area contributed by atoms with Crippen LogP contribution in [0.25, 0.3) is 0 Å². The normalized spacial score (nSPS) is 32.3. The predicted molar refractivity (Wildman–Crippen MR) is 176 cm³/mol. The second-order valence-corrected chi connectivity index (χ2v) is 14.5. The lowest BCUT2D eigenvalue weighted by molar-refractivity contribution is 0.0107. The number of carbonyl (C=O) groups is 2. The third-order valence-corrected chi connectivity index (χ3v) is 10.3. The van der Waals surface area contributed by atoms with E-state index in [1.165, 1.54) is 6.42 Å². The van der Waals surface area contributed by atoms with Crippen molar-refractivity contribution < 1.29 is 28.5 Å². The molecular weight excluding hydrogens is 572 g/mol. The number of unbranched alkanes of at least 4 members (excludes halogenated alkanes) is 2. The first-order valence-corrected chi connectivity index (χ1v) is 18.4. The monoisotopic (exact) mass is 636 g/mol. The molecule has 10 nitrogen and oxygen atoms in total. The Balaban J connectivity index is 1.07. The molecule has 0 spiro atoms. The van der Waals surface area contributed by atoms with E-state index in [2.05, 4.69) is 48.1 Å². The second-order valence-electron chi connectivity index (χ2n) is 14.5. The average molecular weight is 637 g/mol. The fourth-order valence-electron chi connectivity index (χ4n) is 7.05. The minimum Gasteiger partial charge on any atom is -0.442 e. The summed E-state index contributed by atoms with van der Waals surface area (Å²) < 4.78 is 23.2. The van der Waals surface area contributed by atoms with Crippen LogP contribution < -0.4 is 10.6 Å². The van der Waals surface area contributed by atoms with Gasteiger partial charge in [-0.25, -0.2) is 9.59 Å². The molecule has 0 aromatic rings. The SMILES string of the molecule is CCCCOCC(CN1CC1C)OC(=O)N[C@H]1CC[C@@H](C[C@H]2CC[C@@H](NC(=O)OC(COCCCC)CN3CC3C)CC2)CC1. The first-order chi connectivity index (χ1) is 21.8. The molecule has 260 valence electrons. The summed E-state index contributed by atoms with van der Waals surface area (Å²) in [5, 5.41) is 6.30. The molecule has 0 bridgehead atoms. The van der Waals surface area contributed by atoms with Gasteiger partial charge in [0, 0.05) is 63.6 Å². The number of carbonyl (C=O) groups excluding carboxylic acids is 2. The van der Waals surface area contributed by atoms with Gasteiger partial charge in [0.25, 0.3) is 0 Å². The van der Waals surface area contributed by atoms with E-state index in [1.54, 1.807) is 0 Å². The summed E-state index contributed by atoms with van der Waals surface area (Å²) in [7, 11) is 0. The molecule has 2 aliphatic carbocycles. The molecule has 0 aromatic heterocycles. The van der Waals surface area contributed by atoms with Crippen molar-refractivity contribution in [2.75, 3.05) is 52.6 Å². The van der Waals surface area contributed by atoms with Gasteiger partial charge in [0.05, 0.1) is 13.2 Å². The van der Waals surface area contributed by atoms with Gasteiger partial charge in [-0.05, 0) is 96.3 Å². The van der Waals surface area contributed by atoms with Crippen molar-refractivity contribution in [2.45, 2.75) is 148 Å². The van der Waals surface area contributed by atoms with E-state index in [1.807, 2.05) is 0 Å². The van der Waals surface area contributed by atoms with E-state index < -0.39 is 0 Å². The minimum absolute atomic E-state index is 0.197. The maximum Gasteiger partial charge on any atom is 0.407 e. The maximum absolute atomic E-state index is 12.7. The van der Waals surface area contributed by atoms with Crippen LogP contribution in [-0.2, 0) is 18.9 Å². The van der Waals surface area contributed by atoms with Crippen LogP contribution in [0, 0.1) is 11.8 Å². The van der Waals surface area contributed by atoms with Crippen LogP contribution in [0.1, 0.15) is 111 Å². The van der Waals surface area contributed by atoms with Crippen molar-refractivity contribution in [3.8, 4) is 0 Å². The summed E-state index contributed by atoms with van der Waals surface area (Å²) in [5.74, 6) is 1.44. The van der Waals surface area contributed by atoms with Crippen LogP contribution in [0.5, 0.6) is 0 Å². The number of rotatable bonds is 20. The highest BCUT2D eigenvalue weighted by atomic mass is 16.6. The third kappa shape index (κ3) is 14.0. The molecule has 2 saturated heterocycles. The van der Waals surface area contributed by atoms with Crippen molar-refractivity contribution in [1.82, 2.24) is 20.4 Å². The van der Waals surface area contributed by atoms with E-state index in [-0.39, 0.29) is 36.5 Å². The standard InChI is InChI=1S/C35H64N4O6/c1-5-7-17-42-24-32(22-38-20-26(38)3)44-34(40)36-30-13-9-28(10-14-30)19-29-11-15-31(16-12-29)37-35(41)45-33(23-39-21-27(39)4)25-43-18-8-6-2/h26-33H,5-25H2,1-4H3,(H,36,40)(H,37,41)/t26?,27?,28-,29-,30+,31+,32?,33?,38?,39?. The van der Waals surface area contributed by atoms with Gasteiger partial charge >= 0.3 is 12.2 Å². The third-order valence-electron chi connectivity index (χ3n) is 10.3. The van der Waals surface area contributed by atoms with E-state index in [4.69, 9.17) is 18.9 Å². The van der Waals surface area contributed by atoms with E-state index >= 15 is 0 Å². The van der Waals surface area contributed by atoms with Crippen LogP contribution in [0.3, 0.4) is 0 Å². The number of ether oxygens (including phenoxy) is 4. The Bertz CT molecular complexity index is 795. The number of hydrogen-bond donors (Lipinski definition) is 2. The molecule has 10 heteroatoms. The largest absolute Gasteiger partial charge is 0.442 e. The molecule has 2 heterocycles. The van der Waals surface area contributed by atoms with Gasteiger partial charge in [0.15, 0.2) is 0 Å². The van der Waals surface area contributed by atoms with Gasteiger partial charge in [0.2, 0.25) is 0 Å². The molecule has 4 rings (SSSR count). The highest BCUT2D eigenvalue weighted by Gasteiger charge is 2.35. The number of nitrogens with zero attached hydrogens (tertiary/aromatic N) is 2. The molecule has 4 aliphatic rings. The highest BCUT2D eigenvalue weighted by Crippen LogP contribution is 2.35. The van der Waals surface area contributed by atoms with Crippen molar-refractivity contribution in [1.29, 1.82) is 0 Å². The molecular formula is C35H64N4O6. The van der Waals surface area contributed by atoms with Gasteiger partial charge < -0.3 is 29.6 Å². The Kier molecular flexibility index (Phi) is 15.5. The van der Waals surface area contributed by atoms with Crippen LogP contribution in [-0.4, -0.2) is 111 Å². The fourth-order valence-corrected chi connectivity index (χ4v) is 7.05. The first kappa shape index (κ1) is 36.2. The summed E-state index contributed by atoms with van der Waals surface area (Å²) in [4.78, 5) is 30.1. The molecule has 6 atom stereocenters. The summed E-state index contributed by atoms with van der Waals surface area (Å²) in [5.41, 5.74) is 0. The Hall–Kier alpha value is -1.62. The number of alkyl carbamates (subject to hydrolysis) is 2. The molecule has 2 amide bonds. The Morgan fingerprint density at radius 3 is 1.38 bits per heavy atom. The Labute approximate surface area is 273 Å². The molecule has 2 aliphatic heterocycles. The molecule has 0 radical (unpaired) electrons. The fraction of sp³-hybridized carbons (Fsp3) is 0.943. The van der Waals surface area contributed by atoms with E-state index in [0.29, 0.717) is 25.3 Å². The summed E-state index contributed by atoms with van der Waals surface area (Å²) >= 11 is 0. The zero-order valence-corrected chi connectivity index (χ0v) is 28.8. The molecule has 2 saturated carbocycles. The molecule has 4 fully saturated rings. The summed E-state index contributed by atoms with van der Waals surface area (Å²) in [6.07, 6.45) is 13.2. The van der Waals surface area contributed by atoms with Crippen LogP contribution >= 0.6 is 0 Å². The quantitative estimate of drug-likeness (QED) is 0.129. The number of hydrogen-bond acceptors (Lipinski definition) is 8. The van der Waals surface area contributed by atoms with Crippen LogP contribution in [0.2, 0.25) is 0 Å². The lowest BCUT2D eigenvalue weighted by Crippen LogP contribution is -2.42. The lowest BCUT2D eigenvalue weighted by Gasteiger charge is -2.34. The van der Waals surface area contributed by atoms with Crippen LogP contribution in [0.4, 0.5) is 9.59 Å². The topological polar surface area (TPSA) is 101 Å². The second kappa shape index (κ2) is 19.3. The lowest BCUT2D eigenvalue weighted by atomic mass is 9.76. The Morgan fingerprint density at radius 1 is 0.667 bits per heavy atom. The van der Waals surface area contributed by atoms with Crippen molar-refractivity contribution >= 4 is 12.2 Å². The van der Waals surface area contributed by atoms with Gasteiger partial charge in [-0.2, -0.15) is 0 Å². The smallest absolute Gasteiger partial charge is 0.407 e. The highest BCUT2D eigenvalue weighted by molar-refractivity contribution is 5.68. The zero-order valence-electron chi connectivity index (χ0n) is 28.8. The molecule has 2 N–H and O–H groups in total. The molecule has 6 unspecified atom stereocenters. The van der Waals surface area contributed by atoms with Gasteiger partial charge in [-0.3, -0.25) is 9.80 Å². The average Bonchev–Trinajstić information content (AvgIpc) is 3.92. The van der Waals surface area contributed by atoms with Gasteiger partial charge in [-0.1, -0.05) is 26.7 Å². The maximum atomic E-state index is 12.7. The zero-order chi connectivity index (χ0) is 32.0. The van der Waals surface area contributed by atoms with Gasteiger partial charge in [-0.15, -0.1) is 0 Å². The summed E-state index contributed by atoms with van der Waals surface area (Å²) in [6, 6.07) is 1.54. The van der Waals surface area contributed by atoms with E-state index in [0.717, 1.165) is 128 Å². The number of nitrogens with one attached hydrogen (secondary N) is 2. The van der Waals surface area contributed by atoms with Crippen molar-refractivity contribution in [2.24, 2.45) is 11.8 Å². The summed E-state index contributed by atoms with van der Waals surface area (Å²) in [6.45, 7) is 14.7. The Morgan fingerprint density at radius 2 is 1.04 bits per heavy atom. The van der Waals surface area contributed by atoms with Gasteiger partial charge in [0.1, 0.15) is 12.2 Å². The molecule has 0 aromatic carbocycles. The van der Waals surface area contributed by atoms with Crippen molar-refractivity contribution in [3.63, 3.8) is 0 Å². The minimum atomic E-state index is -0.295. The predicted octanol–water partition coefficient (Wildman–Crippen LogP) is 5.73. The number of amides is 2. The van der Waals surface area contributed by atoms with Crippen LogP contribution in [0.15, 0.2) is 0 Å². The molecule has 45 heavy (non-hydrogen) atoms.